The number of nitrogen functional groups attached to an aromatic ring is 1. The molecule has 2 N–H and O–H groups in total. The van der Waals surface area contributed by atoms with Gasteiger partial charge in [0.1, 0.15) is 5.82 Å². The fourth-order valence-electron chi connectivity index (χ4n) is 1.77. The standard InChI is InChI=1S/C13H16BrN3O2S/c1-2-20(18,19)7-6-17-13(15)9-12(16-17)10-4-3-5-11(14)8-10/h3-5,8-9H,2,6-7,15H2,1H3. The van der Waals surface area contributed by atoms with E-state index in [-0.39, 0.29) is 18.1 Å². The van der Waals surface area contributed by atoms with Crippen molar-refractivity contribution in [3.05, 3.63) is 34.8 Å². The quantitative estimate of drug-likeness (QED) is 0.890. The molecule has 0 unspecified atom stereocenters. The number of aryl methyl sites for hydroxylation is 1. The molecule has 0 saturated carbocycles. The van der Waals surface area contributed by atoms with Crippen LogP contribution >= 0.6 is 15.9 Å². The Bertz CT molecular complexity index is 710. The Morgan fingerprint density at radius 3 is 2.75 bits per heavy atom. The molecule has 20 heavy (non-hydrogen) atoms. The molecule has 108 valence electrons. The molecule has 2 rings (SSSR count). The monoisotopic (exact) mass is 357 g/mol. The molecule has 0 amide bonds. The van der Waals surface area contributed by atoms with Gasteiger partial charge < -0.3 is 5.73 Å². The second-order valence-electron chi connectivity index (χ2n) is 4.42. The van der Waals surface area contributed by atoms with Crippen LogP contribution in [0.4, 0.5) is 5.82 Å². The van der Waals surface area contributed by atoms with Crippen LogP contribution < -0.4 is 5.73 Å². The second kappa shape index (κ2) is 5.97. The number of nitrogens with zero attached hydrogens (tertiary/aromatic N) is 2. The van der Waals surface area contributed by atoms with Gasteiger partial charge in [-0.25, -0.2) is 13.1 Å². The number of nitrogens with two attached hydrogens (primary N) is 1. The number of anilines is 1. The van der Waals surface area contributed by atoms with Crippen molar-refractivity contribution < 1.29 is 8.42 Å². The van der Waals surface area contributed by atoms with E-state index in [4.69, 9.17) is 5.73 Å². The highest BCUT2D eigenvalue weighted by Gasteiger charge is 2.11. The number of halogens is 1. The maximum absolute atomic E-state index is 11.5. The summed E-state index contributed by atoms with van der Waals surface area (Å²) in [5.41, 5.74) is 7.55. The molecule has 0 aliphatic carbocycles. The molecular weight excluding hydrogens is 342 g/mol. The van der Waals surface area contributed by atoms with Crippen LogP contribution in [-0.2, 0) is 16.4 Å². The van der Waals surface area contributed by atoms with E-state index in [0.29, 0.717) is 5.82 Å². The Kier molecular flexibility index (Phi) is 4.49. The molecule has 5 nitrogen and oxygen atoms in total. The number of sulfone groups is 1. The number of hydrogen-bond acceptors (Lipinski definition) is 4. The molecule has 1 aromatic carbocycles. The Labute approximate surface area is 126 Å². The third kappa shape index (κ3) is 3.61. The minimum atomic E-state index is -3.02. The lowest BCUT2D eigenvalue weighted by molar-refractivity contribution is 0.583. The van der Waals surface area contributed by atoms with Gasteiger partial charge in [-0.05, 0) is 12.1 Å². The molecule has 0 aliphatic heterocycles. The molecule has 0 spiro atoms. The molecule has 0 saturated heterocycles. The van der Waals surface area contributed by atoms with E-state index in [9.17, 15) is 8.42 Å². The molecule has 0 fully saturated rings. The van der Waals surface area contributed by atoms with Gasteiger partial charge in [-0.2, -0.15) is 5.10 Å². The maximum atomic E-state index is 11.5. The van der Waals surface area contributed by atoms with Gasteiger partial charge in [-0.15, -0.1) is 0 Å². The van der Waals surface area contributed by atoms with Crippen molar-refractivity contribution in [1.29, 1.82) is 0 Å². The highest BCUT2D eigenvalue weighted by atomic mass is 79.9. The first-order valence-electron chi connectivity index (χ1n) is 6.21. The van der Waals surface area contributed by atoms with Crippen molar-refractivity contribution >= 4 is 31.6 Å². The Balaban J connectivity index is 2.22. The zero-order valence-electron chi connectivity index (χ0n) is 11.1. The molecule has 7 heteroatoms. The summed E-state index contributed by atoms with van der Waals surface area (Å²) >= 11 is 3.41. The Morgan fingerprint density at radius 1 is 1.35 bits per heavy atom. The van der Waals surface area contributed by atoms with Crippen molar-refractivity contribution in [1.82, 2.24) is 9.78 Å². The van der Waals surface area contributed by atoms with Crippen molar-refractivity contribution in [3.63, 3.8) is 0 Å². The van der Waals surface area contributed by atoms with Gasteiger partial charge in [-0.1, -0.05) is 35.0 Å². The first-order valence-corrected chi connectivity index (χ1v) is 8.82. The summed E-state index contributed by atoms with van der Waals surface area (Å²) in [5.74, 6) is 0.645. The summed E-state index contributed by atoms with van der Waals surface area (Å²) in [5, 5.41) is 4.36. The normalized spacial score (nSPS) is 11.7. The van der Waals surface area contributed by atoms with E-state index in [1.54, 1.807) is 13.0 Å². The highest BCUT2D eigenvalue weighted by Crippen LogP contribution is 2.23. The third-order valence-electron chi connectivity index (χ3n) is 2.99. The van der Waals surface area contributed by atoms with Gasteiger partial charge >= 0.3 is 0 Å². The molecule has 0 atom stereocenters. The Hall–Kier alpha value is -1.34. The predicted molar refractivity (Wildman–Crippen MR) is 84.1 cm³/mol. The zero-order chi connectivity index (χ0) is 14.8. The van der Waals surface area contributed by atoms with Gasteiger partial charge in [0.25, 0.3) is 0 Å². The summed E-state index contributed by atoms with van der Waals surface area (Å²) in [4.78, 5) is 0. The summed E-state index contributed by atoms with van der Waals surface area (Å²) in [6, 6.07) is 9.46. The van der Waals surface area contributed by atoms with Crippen LogP contribution in [0.3, 0.4) is 0 Å². The molecular formula is C13H16BrN3O2S. The van der Waals surface area contributed by atoms with Gasteiger partial charge in [0.2, 0.25) is 0 Å². The van der Waals surface area contributed by atoms with Gasteiger partial charge in [0, 0.05) is 21.9 Å². The van der Waals surface area contributed by atoms with Gasteiger partial charge in [0.05, 0.1) is 18.0 Å². The number of rotatable bonds is 5. The summed E-state index contributed by atoms with van der Waals surface area (Å²) in [7, 11) is -3.02. The molecule has 0 radical (unpaired) electrons. The average Bonchev–Trinajstić information content (AvgIpc) is 2.78. The predicted octanol–water partition coefficient (Wildman–Crippen LogP) is 2.33. The van der Waals surface area contributed by atoms with Crippen LogP contribution in [0.15, 0.2) is 34.8 Å². The van der Waals surface area contributed by atoms with Gasteiger partial charge in [0.15, 0.2) is 9.84 Å². The minimum Gasteiger partial charge on any atom is -0.384 e. The average molecular weight is 358 g/mol. The lowest BCUT2D eigenvalue weighted by atomic mass is 10.2. The van der Waals surface area contributed by atoms with Gasteiger partial charge in [-0.3, -0.25) is 0 Å². The number of hydrogen-bond donors (Lipinski definition) is 1. The van der Waals surface area contributed by atoms with E-state index >= 15 is 0 Å². The molecule has 1 aromatic heterocycles. The second-order valence-corrected chi connectivity index (χ2v) is 7.81. The van der Waals surface area contributed by atoms with Crippen molar-refractivity contribution in [2.24, 2.45) is 0 Å². The first kappa shape index (κ1) is 15.1. The van der Waals surface area contributed by atoms with Crippen molar-refractivity contribution in [2.45, 2.75) is 13.5 Å². The van der Waals surface area contributed by atoms with Crippen LogP contribution in [0, 0.1) is 0 Å². The zero-order valence-corrected chi connectivity index (χ0v) is 13.5. The third-order valence-corrected chi connectivity index (χ3v) is 5.16. The van der Waals surface area contributed by atoms with Crippen molar-refractivity contribution in [3.8, 4) is 11.3 Å². The molecule has 0 aliphatic rings. The van der Waals surface area contributed by atoms with E-state index in [0.717, 1.165) is 15.7 Å². The molecule has 2 aromatic rings. The largest absolute Gasteiger partial charge is 0.384 e. The fourth-order valence-corrected chi connectivity index (χ4v) is 2.91. The van der Waals surface area contributed by atoms with Crippen LogP contribution in [0.1, 0.15) is 6.92 Å². The topological polar surface area (TPSA) is 78.0 Å². The number of aromatic nitrogens is 2. The van der Waals surface area contributed by atoms with E-state index in [1.807, 2.05) is 24.3 Å². The van der Waals surface area contributed by atoms with E-state index < -0.39 is 9.84 Å². The SMILES string of the molecule is CCS(=O)(=O)CCn1nc(-c2cccc(Br)c2)cc1N. The van der Waals surface area contributed by atoms with Crippen LogP contribution in [0.2, 0.25) is 0 Å². The number of benzene rings is 1. The van der Waals surface area contributed by atoms with Crippen LogP contribution in [-0.4, -0.2) is 29.7 Å². The summed E-state index contributed by atoms with van der Waals surface area (Å²) < 4.78 is 25.5. The maximum Gasteiger partial charge on any atom is 0.151 e. The Morgan fingerprint density at radius 2 is 2.10 bits per heavy atom. The molecule has 0 bridgehead atoms. The van der Waals surface area contributed by atoms with E-state index in [2.05, 4.69) is 21.0 Å². The smallest absolute Gasteiger partial charge is 0.151 e. The lowest BCUT2D eigenvalue weighted by Crippen LogP contribution is -2.16. The lowest BCUT2D eigenvalue weighted by Gasteiger charge is -2.04. The van der Waals surface area contributed by atoms with E-state index in [1.165, 1.54) is 4.68 Å². The fraction of sp³-hybridized carbons (Fsp3) is 0.308. The summed E-state index contributed by atoms with van der Waals surface area (Å²) in [6.07, 6.45) is 0. The molecule has 1 heterocycles. The van der Waals surface area contributed by atoms with Crippen molar-refractivity contribution in [2.75, 3.05) is 17.2 Å². The minimum absolute atomic E-state index is 0.0489. The van der Waals surface area contributed by atoms with Crippen LogP contribution in [0.25, 0.3) is 11.3 Å². The van der Waals surface area contributed by atoms with Crippen LogP contribution in [0.5, 0.6) is 0 Å². The first-order chi connectivity index (χ1) is 9.41. The summed E-state index contributed by atoms with van der Waals surface area (Å²) in [6.45, 7) is 1.91. The highest BCUT2D eigenvalue weighted by molar-refractivity contribution is 9.10.